The summed E-state index contributed by atoms with van der Waals surface area (Å²) in [5.74, 6) is 2.24. The molecule has 8 nitrogen and oxygen atoms in total. The number of halogens is 1. The molecular formula is C23H29ClN4O4. The quantitative estimate of drug-likeness (QED) is 0.472. The first-order valence-electron chi connectivity index (χ1n) is 11.3. The van der Waals surface area contributed by atoms with E-state index in [0.29, 0.717) is 22.3 Å². The minimum Gasteiger partial charge on any atom is -0.486 e. The van der Waals surface area contributed by atoms with Crippen molar-refractivity contribution in [1.29, 1.82) is 0 Å². The molecule has 4 rings (SSSR count). The number of hydrogen-bond donors (Lipinski definition) is 1. The highest BCUT2D eigenvalue weighted by Crippen LogP contribution is 2.34. The van der Waals surface area contributed by atoms with Crippen LogP contribution < -0.4 is 10.5 Å². The fraction of sp³-hybridized carbons (Fsp3) is 0.522. The monoisotopic (exact) mass is 460 g/mol. The van der Waals surface area contributed by atoms with Gasteiger partial charge in [0.15, 0.2) is 17.5 Å². The van der Waals surface area contributed by atoms with Gasteiger partial charge in [0.25, 0.3) is 0 Å². The predicted octanol–water partition coefficient (Wildman–Crippen LogP) is 5.14. The smallest absolute Gasteiger partial charge is 0.439 e. The second-order valence-corrected chi connectivity index (χ2v) is 8.50. The van der Waals surface area contributed by atoms with E-state index in [1.807, 2.05) is 0 Å². The van der Waals surface area contributed by atoms with Crippen molar-refractivity contribution in [2.75, 3.05) is 13.1 Å². The maximum absolute atomic E-state index is 11.2. The predicted molar refractivity (Wildman–Crippen MR) is 121 cm³/mol. The number of hydrogen-bond acceptors (Lipinski definition) is 7. The molecule has 1 saturated carbocycles. The molecule has 2 aromatic heterocycles. The lowest BCUT2D eigenvalue weighted by Gasteiger charge is -2.18. The number of benzene rings is 1. The van der Waals surface area contributed by atoms with Gasteiger partial charge in [-0.15, -0.1) is 0 Å². The average molecular weight is 461 g/mol. The Morgan fingerprint density at radius 1 is 1.22 bits per heavy atom. The van der Waals surface area contributed by atoms with Crippen LogP contribution in [-0.4, -0.2) is 33.1 Å². The molecule has 2 heterocycles. The summed E-state index contributed by atoms with van der Waals surface area (Å²) in [4.78, 5) is 20.9. The van der Waals surface area contributed by atoms with Crippen LogP contribution in [0.1, 0.15) is 69.2 Å². The Hall–Kier alpha value is -2.58. The van der Waals surface area contributed by atoms with E-state index in [0.717, 1.165) is 49.8 Å². The van der Waals surface area contributed by atoms with Gasteiger partial charge < -0.3 is 9.15 Å². The van der Waals surface area contributed by atoms with Crippen molar-refractivity contribution < 1.29 is 13.7 Å². The van der Waals surface area contributed by atoms with Gasteiger partial charge in [-0.1, -0.05) is 49.9 Å². The van der Waals surface area contributed by atoms with E-state index in [1.54, 1.807) is 18.2 Å². The van der Waals surface area contributed by atoms with Crippen LogP contribution in [0.15, 0.2) is 31.9 Å². The lowest BCUT2D eigenvalue weighted by atomic mass is 9.89. The van der Waals surface area contributed by atoms with Crippen LogP contribution in [0.3, 0.4) is 0 Å². The molecule has 32 heavy (non-hydrogen) atoms. The molecule has 0 saturated heterocycles. The zero-order valence-electron chi connectivity index (χ0n) is 18.5. The van der Waals surface area contributed by atoms with Crippen LogP contribution in [0.25, 0.3) is 11.4 Å². The number of nitrogens with zero attached hydrogens (tertiary/aromatic N) is 3. The zero-order valence-corrected chi connectivity index (χ0v) is 19.3. The van der Waals surface area contributed by atoms with Gasteiger partial charge in [-0.3, -0.25) is 14.4 Å². The maximum Gasteiger partial charge on any atom is 0.439 e. The van der Waals surface area contributed by atoms with E-state index in [4.69, 9.17) is 25.7 Å². The summed E-state index contributed by atoms with van der Waals surface area (Å²) in [6, 6.07) is 5.19. The molecule has 1 N–H and O–H groups in total. The molecule has 0 aliphatic heterocycles. The SMILES string of the molecule is CCN(CC)Cc1nc(C2CCCCC2)oc1COc1ccc(-c2noc(=O)[nH]2)c(Cl)c1. The molecule has 0 amide bonds. The first kappa shape index (κ1) is 22.6. The molecule has 1 fully saturated rings. The Balaban J connectivity index is 1.51. The first-order valence-corrected chi connectivity index (χ1v) is 11.6. The largest absolute Gasteiger partial charge is 0.486 e. The van der Waals surface area contributed by atoms with Crippen molar-refractivity contribution in [1.82, 2.24) is 20.0 Å². The minimum absolute atomic E-state index is 0.271. The summed E-state index contributed by atoms with van der Waals surface area (Å²) in [5, 5.41) is 4.08. The molecule has 0 bridgehead atoms. The van der Waals surface area contributed by atoms with E-state index in [9.17, 15) is 4.79 Å². The van der Waals surface area contributed by atoms with Crippen LogP contribution in [-0.2, 0) is 13.2 Å². The topological polar surface area (TPSA) is 97.4 Å². The Morgan fingerprint density at radius 3 is 2.66 bits per heavy atom. The van der Waals surface area contributed by atoms with Crippen molar-refractivity contribution in [2.45, 2.75) is 65.0 Å². The van der Waals surface area contributed by atoms with Gasteiger partial charge in [-0.2, -0.15) is 0 Å². The summed E-state index contributed by atoms with van der Waals surface area (Å²) >= 11 is 6.37. The Labute approximate surface area is 191 Å². The average Bonchev–Trinajstić information content (AvgIpc) is 3.42. The summed E-state index contributed by atoms with van der Waals surface area (Å²) in [6.07, 6.45) is 6.01. The number of aromatic amines is 1. The van der Waals surface area contributed by atoms with Gasteiger partial charge in [0, 0.05) is 18.0 Å². The number of oxazole rings is 1. The number of aromatic nitrogens is 3. The number of H-pyrrole nitrogens is 1. The van der Waals surface area contributed by atoms with Crippen LogP contribution in [0.4, 0.5) is 0 Å². The second-order valence-electron chi connectivity index (χ2n) is 8.09. The third-order valence-electron chi connectivity index (χ3n) is 6.02. The summed E-state index contributed by atoms with van der Waals surface area (Å²) in [7, 11) is 0. The highest BCUT2D eigenvalue weighted by atomic mass is 35.5. The molecule has 1 aromatic carbocycles. The van der Waals surface area contributed by atoms with Gasteiger partial charge in [-0.05, 0) is 44.1 Å². The fourth-order valence-corrected chi connectivity index (χ4v) is 4.36. The number of ether oxygens (including phenoxy) is 1. The van der Waals surface area contributed by atoms with Gasteiger partial charge >= 0.3 is 5.76 Å². The molecule has 1 aliphatic rings. The van der Waals surface area contributed by atoms with Crippen molar-refractivity contribution in [3.05, 3.63) is 51.1 Å². The number of rotatable bonds is 9. The van der Waals surface area contributed by atoms with Crippen LogP contribution in [0.5, 0.6) is 5.75 Å². The highest BCUT2D eigenvalue weighted by Gasteiger charge is 2.24. The maximum atomic E-state index is 11.2. The highest BCUT2D eigenvalue weighted by molar-refractivity contribution is 6.33. The van der Waals surface area contributed by atoms with E-state index >= 15 is 0 Å². The van der Waals surface area contributed by atoms with Crippen molar-refractivity contribution in [2.24, 2.45) is 0 Å². The summed E-state index contributed by atoms with van der Waals surface area (Å²) < 4.78 is 16.8. The Kier molecular flexibility index (Phi) is 7.32. The molecule has 9 heteroatoms. The molecule has 0 radical (unpaired) electrons. The zero-order chi connectivity index (χ0) is 22.5. The number of nitrogens with one attached hydrogen (secondary N) is 1. The fourth-order valence-electron chi connectivity index (χ4n) is 4.10. The van der Waals surface area contributed by atoms with Gasteiger partial charge in [0.05, 0.1) is 5.02 Å². The summed E-state index contributed by atoms with van der Waals surface area (Å²) in [6.45, 7) is 7.20. The van der Waals surface area contributed by atoms with Gasteiger partial charge in [-0.25, -0.2) is 9.78 Å². The molecule has 0 atom stereocenters. The van der Waals surface area contributed by atoms with E-state index < -0.39 is 5.76 Å². The first-order chi connectivity index (χ1) is 15.6. The third kappa shape index (κ3) is 5.24. The van der Waals surface area contributed by atoms with Crippen molar-refractivity contribution in [3.63, 3.8) is 0 Å². The molecule has 3 aromatic rings. The van der Waals surface area contributed by atoms with E-state index in [-0.39, 0.29) is 12.4 Å². The van der Waals surface area contributed by atoms with Crippen molar-refractivity contribution in [3.8, 4) is 17.1 Å². The van der Waals surface area contributed by atoms with Gasteiger partial charge in [0.2, 0.25) is 0 Å². The Bertz CT molecular complexity index is 1080. The second kappa shape index (κ2) is 10.4. The lowest BCUT2D eigenvalue weighted by Crippen LogP contribution is -2.23. The van der Waals surface area contributed by atoms with Crippen molar-refractivity contribution >= 4 is 11.6 Å². The normalized spacial score (nSPS) is 14.9. The summed E-state index contributed by atoms with van der Waals surface area (Å²) in [5.41, 5.74) is 1.50. The third-order valence-corrected chi connectivity index (χ3v) is 6.34. The molecule has 172 valence electrons. The Morgan fingerprint density at radius 2 is 2.00 bits per heavy atom. The van der Waals surface area contributed by atoms with Gasteiger partial charge in [0.1, 0.15) is 18.1 Å². The van der Waals surface area contributed by atoms with E-state index in [2.05, 4.69) is 33.4 Å². The molecule has 0 spiro atoms. The molecule has 0 unspecified atom stereocenters. The standard InChI is InChI=1S/C23H29ClN4O4/c1-3-28(4-2)13-19-20(31-22(25-19)15-8-6-5-7-9-15)14-30-16-10-11-17(18(24)12-16)21-26-23(29)32-27-21/h10-12,15H,3-9,13-14H2,1-2H3,(H,26,27,29). The van der Waals surface area contributed by atoms with E-state index in [1.165, 1.54) is 19.3 Å². The molecule has 1 aliphatic carbocycles. The minimum atomic E-state index is -0.629. The lowest BCUT2D eigenvalue weighted by molar-refractivity contribution is 0.249. The molecular weight excluding hydrogens is 432 g/mol. The van der Waals surface area contributed by atoms with Crippen LogP contribution >= 0.6 is 11.6 Å². The van der Waals surface area contributed by atoms with Crippen LogP contribution in [0, 0.1) is 0 Å². The van der Waals surface area contributed by atoms with Crippen LogP contribution in [0.2, 0.25) is 5.02 Å².